The predicted molar refractivity (Wildman–Crippen MR) is 66.7 cm³/mol. The highest BCUT2D eigenvalue weighted by molar-refractivity contribution is 5.73. The third kappa shape index (κ3) is 3.89. The van der Waals surface area contributed by atoms with E-state index in [0.717, 1.165) is 19.3 Å². The first-order chi connectivity index (χ1) is 7.99. The lowest BCUT2D eigenvalue weighted by molar-refractivity contribution is -0.139. The second-order valence-corrected chi connectivity index (χ2v) is 4.78. The average Bonchev–Trinajstić information content (AvgIpc) is 2.30. The van der Waals surface area contributed by atoms with E-state index < -0.39 is 12.0 Å². The van der Waals surface area contributed by atoms with Crippen LogP contribution in [0.1, 0.15) is 39.0 Å². The van der Waals surface area contributed by atoms with Crippen LogP contribution in [0.25, 0.3) is 0 Å². The molecule has 1 aliphatic rings. The lowest BCUT2D eigenvalue weighted by atomic mass is 9.73. The maximum absolute atomic E-state index is 10.8. The quantitative estimate of drug-likeness (QED) is 0.664. The maximum Gasteiger partial charge on any atom is 0.320 e. The van der Waals surface area contributed by atoms with Crippen LogP contribution in [-0.4, -0.2) is 22.2 Å². The van der Waals surface area contributed by atoms with Crippen LogP contribution in [0, 0.1) is 5.41 Å². The fourth-order valence-corrected chi connectivity index (χ4v) is 2.20. The van der Waals surface area contributed by atoms with Crippen molar-refractivity contribution in [3.63, 3.8) is 0 Å². The van der Waals surface area contributed by atoms with E-state index >= 15 is 0 Å². The van der Waals surface area contributed by atoms with Gasteiger partial charge in [0, 0.05) is 0 Å². The van der Waals surface area contributed by atoms with Gasteiger partial charge in [0.15, 0.2) is 0 Å². The Hall–Kier alpha value is -1.29. The lowest BCUT2D eigenvalue weighted by Crippen LogP contribution is -2.37. The van der Waals surface area contributed by atoms with Gasteiger partial charge in [0.25, 0.3) is 0 Å². The first kappa shape index (κ1) is 13.8. The Kier molecular flexibility index (Phi) is 4.75. The molecule has 0 aromatic heterocycles. The van der Waals surface area contributed by atoms with E-state index in [1.165, 1.54) is 0 Å². The first-order valence-corrected chi connectivity index (χ1v) is 6.06. The summed E-state index contributed by atoms with van der Waals surface area (Å²) in [4.78, 5) is 10.8. The van der Waals surface area contributed by atoms with Crippen molar-refractivity contribution in [1.82, 2.24) is 0 Å². The van der Waals surface area contributed by atoms with Gasteiger partial charge in [0.2, 0.25) is 0 Å². The third-order valence-corrected chi connectivity index (χ3v) is 3.30. The molecular weight excluding hydrogens is 218 g/mol. The molecule has 0 bridgehead atoms. The minimum atomic E-state index is -0.965. The van der Waals surface area contributed by atoms with Crippen LogP contribution < -0.4 is 5.73 Å². The summed E-state index contributed by atoms with van der Waals surface area (Å²) in [6.45, 7) is 2.10. The minimum Gasteiger partial charge on any atom is -0.508 e. The number of hydrogen-bond donors (Lipinski definition) is 3. The van der Waals surface area contributed by atoms with Crippen molar-refractivity contribution in [2.75, 3.05) is 0 Å². The summed E-state index contributed by atoms with van der Waals surface area (Å²) in [7, 11) is 0. The Bertz CT molecular complexity index is 336. The zero-order valence-corrected chi connectivity index (χ0v) is 10.2. The maximum atomic E-state index is 10.8. The normalized spacial score (nSPS) is 25.4. The van der Waals surface area contributed by atoms with Gasteiger partial charge in [-0.2, -0.15) is 0 Å². The first-order valence-electron chi connectivity index (χ1n) is 6.06. The van der Waals surface area contributed by atoms with Crippen molar-refractivity contribution in [2.45, 2.75) is 45.1 Å². The Morgan fingerprint density at radius 2 is 2.35 bits per heavy atom. The number of carboxylic acid groups (broad SMARTS) is 1. The number of aliphatic carboxylic acids is 1. The summed E-state index contributed by atoms with van der Waals surface area (Å²) in [5, 5.41) is 18.2. The molecule has 0 fully saturated rings. The molecule has 1 rings (SSSR count). The number of hydrogen-bond acceptors (Lipinski definition) is 3. The Balaban J connectivity index is 2.74. The van der Waals surface area contributed by atoms with Crippen molar-refractivity contribution < 1.29 is 15.0 Å². The lowest BCUT2D eigenvalue weighted by Gasteiger charge is -2.33. The number of nitrogens with two attached hydrogens (primary N) is 1. The molecule has 0 aromatic carbocycles. The van der Waals surface area contributed by atoms with Crippen molar-refractivity contribution >= 4 is 5.97 Å². The van der Waals surface area contributed by atoms with Gasteiger partial charge in [-0.25, -0.2) is 0 Å². The Morgan fingerprint density at radius 3 is 2.82 bits per heavy atom. The van der Waals surface area contributed by atoms with E-state index in [1.54, 1.807) is 12.2 Å². The second-order valence-electron chi connectivity index (χ2n) is 4.78. The summed E-state index contributed by atoms with van der Waals surface area (Å²) in [5.74, 6) is -0.714. The molecule has 0 saturated carbocycles. The summed E-state index contributed by atoms with van der Waals surface area (Å²) >= 11 is 0. The summed E-state index contributed by atoms with van der Waals surface area (Å²) in [6, 6.07) is -0.842. The van der Waals surface area contributed by atoms with Crippen molar-refractivity contribution in [3.05, 3.63) is 24.0 Å². The van der Waals surface area contributed by atoms with E-state index in [2.05, 4.69) is 6.92 Å². The van der Waals surface area contributed by atoms with Crippen LogP contribution in [0.5, 0.6) is 0 Å². The van der Waals surface area contributed by atoms with Gasteiger partial charge in [-0.3, -0.25) is 4.79 Å². The van der Waals surface area contributed by atoms with Crippen LogP contribution in [0.2, 0.25) is 0 Å². The molecule has 4 nitrogen and oxygen atoms in total. The zero-order chi connectivity index (χ0) is 12.9. The van der Waals surface area contributed by atoms with Gasteiger partial charge in [0.05, 0.1) is 0 Å². The highest BCUT2D eigenvalue weighted by Crippen LogP contribution is 2.38. The summed E-state index contributed by atoms with van der Waals surface area (Å²) in [6.07, 6.45) is 9.39. The van der Waals surface area contributed by atoms with Gasteiger partial charge in [0.1, 0.15) is 11.8 Å². The van der Waals surface area contributed by atoms with Gasteiger partial charge in [-0.15, -0.1) is 0 Å². The van der Waals surface area contributed by atoms with E-state index in [4.69, 9.17) is 10.8 Å². The number of aliphatic hydroxyl groups is 1. The molecule has 17 heavy (non-hydrogen) atoms. The number of aliphatic hydroxyl groups excluding tert-OH is 1. The van der Waals surface area contributed by atoms with Crippen molar-refractivity contribution in [3.8, 4) is 0 Å². The standard InChI is InChI=1S/C13H21NO3/c1-2-3-6-13(9-11(14)12(16)17)7-4-10(15)5-8-13/h4-5,7,11,15H,2-3,6,8-9,14H2,1H3,(H,16,17)/t11-,13?/m1/s1. The van der Waals surface area contributed by atoms with Crippen LogP contribution in [0.4, 0.5) is 0 Å². The molecule has 0 aromatic rings. The van der Waals surface area contributed by atoms with Gasteiger partial charge >= 0.3 is 5.97 Å². The van der Waals surface area contributed by atoms with E-state index in [0.29, 0.717) is 12.8 Å². The number of rotatable bonds is 6. The van der Waals surface area contributed by atoms with Gasteiger partial charge < -0.3 is 15.9 Å². The molecule has 96 valence electrons. The SMILES string of the molecule is CCCCC1(C[C@@H](N)C(=O)O)C=CC(O)=CC1. The molecule has 0 heterocycles. The number of carbonyl (C=O) groups is 1. The van der Waals surface area contributed by atoms with Crippen LogP contribution in [0.3, 0.4) is 0 Å². The van der Waals surface area contributed by atoms with Gasteiger partial charge in [-0.05, 0) is 36.8 Å². The smallest absolute Gasteiger partial charge is 0.320 e. The fourth-order valence-electron chi connectivity index (χ4n) is 2.20. The van der Waals surface area contributed by atoms with Crippen LogP contribution in [0.15, 0.2) is 24.0 Å². The van der Waals surface area contributed by atoms with E-state index in [-0.39, 0.29) is 11.2 Å². The molecule has 4 N–H and O–H groups in total. The highest BCUT2D eigenvalue weighted by atomic mass is 16.4. The number of carboxylic acids is 1. The highest BCUT2D eigenvalue weighted by Gasteiger charge is 2.32. The molecule has 1 aliphatic carbocycles. The second kappa shape index (κ2) is 5.87. The number of allylic oxidation sites excluding steroid dienone is 3. The van der Waals surface area contributed by atoms with Gasteiger partial charge in [-0.1, -0.05) is 25.8 Å². The Morgan fingerprint density at radius 1 is 1.65 bits per heavy atom. The molecule has 4 heteroatoms. The molecule has 0 radical (unpaired) electrons. The third-order valence-electron chi connectivity index (χ3n) is 3.30. The Labute approximate surface area is 102 Å². The molecule has 0 aliphatic heterocycles. The molecule has 2 atom stereocenters. The van der Waals surface area contributed by atoms with E-state index in [9.17, 15) is 9.90 Å². The monoisotopic (exact) mass is 239 g/mol. The molecular formula is C13H21NO3. The average molecular weight is 239 g/mol. The minimum absolute atomic E-state index is 0.208. The number of unbranched alkanes of at least 4 members (excludes halogenated alkanes) is 1. The largest absolute Gasteiger partial charge is 0.508 e. The molecule has 0 amide bonds. The van der Waals surface area contributed by atoms with Crippen molar-refractivity contribution in [2.24, 2.45) is 11.1 Å². The van der Waals surface area contributed by atoms with E-state index in [1.807, 2.05) is 6.08 Å². The predicted octanol–water partition coefficient (Wildman–Crippen LogP) is 2.37. The zero-order valence-electron chi connectivity index (χ0n) is 10.2. The summed E-state index contributed by atoms with van der Waals surface area (Å²) in [5.41, 5.74) is 5.41. The fraction of sp³-hybridized carbons (Fsp3) is 0.615. The molecule has 0 spiro atoms. The van der Waals surface area contributed by atoms with Crippen molar-refractivity contribution in [1.29, 1.82) is 0 Å². The van der Waals surface area contributed by atoms with Crippen LogP contribution >= 0.6 is 0 Å². The molecule has 1 unspecified atom stereocenters. The summed E-state index contributed by atoms with van der Waals surface area (Å²) < 4.78 is 0. The van der Waals surface area contributed by atoms with Crippen LogP contribution in [-0.2, 0) is 4.79 Å². The topological polar surface area (TPSA) is 83.6 Å². The molecule has 0 saturated heterocycles.